The monoisotopic (exact) mass is 324 g/mol. The van der Waals surface area contributed by atoms with Crippen LogP contribution in [-0.4, -0.2) is 9.55 Å². The molecular weight excluding hydrogens is 304 g/mol. The number of imidazole rings is 1. The summed E-state index contributed by atoms with van der Waals surface area (Å²) < 4.78 is 2.25. The van der Waals surface area contributed by atoms with Crippen LogP contribution in [0.25, 0.3) is 28.2 Å². The maximum absolute atomic E-state index is 4.73. The van der Waals surface area contributed by atoms with Crippen LogP contribution in [0.3, 0.4) is 0 Å². The van der Waals surface area contributed by atoms with Crippen molar-refractivity contribution in [1.29, 1.82) is 0 Å². The Kier molecular flexibility index (Phi) is 3.24. The Labute approximate surface area is 148 Å². The van der Waals surface area contributed by atoms with Gasteiger partial charge in [-0.05, 0) is 54.0 Å². The van der Waals surface area contributed by atoms with Gasteiger partial charge in [-0.2, -0.15) is 0 Å². The van der Waals surface area contributed by atoms with Crippen molar-refractivity contribution in [1.82, 2.24) is 9.55 Å². The van der Waals surface area contributed by atoms with Gasteiger partial charge in [-0.25, -0.2) is 4.98 Å². The van der Waals surface area contributed by atoms with Gasteiger partial charge in [-0.1, -0.05) is 54.6 Å². The van der Waals surface area contributed by atoms with Crippen molar-refractivity contribution in [2.24, 2.45) is 0 Å². The molecule has 25 heavy (non-hydrogen) atoms. The molecule has 1 heterocycles. The zero-order valence-electron chi connectivity index (χ0n) is 14.4. The van der Waals surface area contributed by atoms with Crippen molar-refractivity contribution >= 4 is 5.70 Å². The summed E-state index contributed by atoms with van der Waals surface area (Å²) in [7, 11) is 0. The zero-order chi connectivity index (χ0) is 16.8. The fraction of sp³-hybridized carbons (Fsp3) is 0.174. The lowest BCUT2D eigenvalue weighted by Gasteiger charge is -2.17. The fourth-order valence-corrected chi connectivity index (χ4v) is 4.14. The Hall–Kier alpha value is -2.87. The molecule has 2 heteroatoms. The molecule has 0 saturated carbocycles. The zero-order valence-corrected chi connectivity index (χ0v) is 14.4. The van der Waals surface area contributed by atoms with Gasteiger partial charge in [0, 0.05) is 23.7 Å². The quantitative estimate of drug-likeness (QED) is 0.462. The molecule has 0 amide bonds. The van der Waals surface area contributed by atoms with Crippen LogP contribution in [0.2, 0.25) is 0 Å². The average molecular weight is 324 g/mol. The molecule has 0 atom stereocenters. The van der Waals surface area contributed by atoms with E-state index in [0.717, 1.165) is 25.1 Å². The van der Waals surface area contributed by atoms with Gasteiger partial charge < -0.3 is 0 Å². The summed E-state index contributed by atoms with van der Waals surface area (Å²) in [6.07, 6.45) is 11.9. The van der Waals surface area contributed by atoms with Gasteiger partial charge in [0.15, 0.2) is 0 Å². The Bertz CT molecular complexity index is 1030. The van der Waals surface area contributed by atoms with E-state index in [4.69, 9.17) is 4.98 Å². The largest absolute Gasteiger partial charge is 0.300 e. The number of nitrogens with zero attached hydrogens (tertiary/aromatic N) is 2. The molecule has 2 aromatic carbocycles. The van der Waals surface area contributed by atoms with E-state index < -0.39 is 0 Å². The van der Waals surface area contributed by atoms with Crippen LogP contribution in [0.5, 0.6) is 0 Å². The summed E-state index contributed by atoms with van der Waals surface area (Å²) in [6, 6.07) is 15.3. The van der Waals surface area contributed by atoms with Crippen LogP contribution < -0.4 is 0 Å². The minimum absolute atomic E-state index is 0.989. The molecular formula is C23H20N2. The van der Waals surface area contributed by atoms with Gasteiger partial charge in [0.1, 0.15) is 5.82 Å². The molecule has 2 aliphatic rings. The number of hydrogen-bond acceptors (Lipinski definition) is 1. The van der Waals surface area contributed by atoms with Crippen molar-refractivity contribution < 1.29 is 0 Å². The molecule has 3 aromatic rings. The van der Waals surface area contributed by atoms with Crippen molar-refractivity contribution in [2.45, 2.75) is 26.2 Å². The Morgan fingerprint density at radius 2 is 1.68 bits per heavy atom. The van der Waals surface area contributed by atoms with Crippen molar-refractivity contribution in [3.8, 4) is 22.5 Å². The highest BCUT2D eigenvalue weighted by Crippen LogP contribution is 2.41. The number of fused-ring (bicyclic) bond motifs is 3. The number of allylic oxidation sites excluding steroid dienone is 4. The standard InChI is InChI=1S/C23H20N2/c1-16-7-2-5-12-22(16)25-14-13-24-23(25)20-11-6-10-19-18-9-4-3-8-17(18)15-21(19)20/h3-4,6-14H,2,5,15H2,1H3. The van der Waals surface area contributed by atoms with Crippen LogP contribution in [0.15, 0.2) is 72.6 Å². The molecule has 0 aliphatic heterocycles. The van der Waals surface area contributed by atoms with E-state index in [-0.39, 0.29) is 0 Å². The third-order valence-corrected chi connectivity index (χ3v) is 5.35. The summed E-state index contributed by atoms with van der Waals surface area (Å²) in [5, 5.41) is 0. The second-order valence-electron chi connectivity index (χ2n) is 6.84. The van der Waals surface area contributed by atoms with E-state index in [1.165, 1.54) is 39.1 Å². The van der Waals surface area contributed by atoms with Gasteiger partial charge >= 0.3 is 0 Å². The lowest BCUT2D eigenvalue weighted by molar-refractivity contribution is 0.974. The molecule has 2 aliphatic carbocycles. The maximum atomic E-state index is 4.73. The predicted molar refractivity (Wildman–Crippen MR) is 103 cm³/mol. The molecule has 5 rings (SSSR count). The molecule has 1 aromatic heterocycles. The van der Waals surface area contributed by atoms with Gasteiger partial charge in [0.25, 0.3) is 0 Å². The third kappa shape index (κ3) is 2.21. The van der Waals surface area contributed by atoms with Crippen LogP contribution >= 0.6 is 0 Å². The maximum Gasteiger partial charge on any atom is 0.144 e. The molecule has 122 valence electrons. The molecule has 0 fully saturated rings. The summed E-state index contributed by atoms with van der Waals surface area (Å²) in [6.45, 7) is 2.19. The highest BCUT2D eigenvalue weighted by Gasteiger charge is 2.23. The smallest absolute Gasteiger partial charge is 0.144 e. The summed E-state index contributed by atoms with van der Waals surface area (Å²) >= 11 is 0. The number of aromatic nitrogens is 2. The summed E-state index contributed by atoms with van der Waals surface area (Å²) in [5.74, 6) is 1.05. The molecule has 0 saturated heterocycles. The minimum atomic E-state index is 0.989. The second-order valence-corrected chi connectivity index (χ2v) is 6.84. The highest BCUT2D eigenvalue weighted by molar-refractivity contribution is 5.84. The van der Waals surface area contributed by atoms with E-state index in [1.54, 1.807) is 0 Å². The van der Waals surface area contributed by atoms with Crippen molar-refractivity contribution in [2.75, 3.05) is 0 Å². The SMILES string of the molecule is CC1=CCCC=C1n1ccnc1-c1cccc2c1Cc1ccccc1-2. The van der Waals surface area contributed by atoms with Gasteiger partial charge in [-0.15, -0.1) is 0 Å². The van der Waals surface area contributed by atoms with E-state index in [2.05, 4.69) is 72.3 Å². The topological polar surface area (TPSA) is 17.8 Å². The predicted octanol–water partition coefficient (Wildman–Crippen LogP) is 5.70. The number of hydrogen-bond donors (Lipinski definition) is 0. The summed E-state index contributed by atoms with van der Waals surface area (Å²) in [4.78, 5) is 4.73. The van der Waals surface area contributed by atoms with E-state index in [9.17, 15) is 0 Å². The van der Waals surface area contributed by atoms with Gasteiger partial charge in [0.2, 0.25) is 0 Å². The van der Waals surface area contributed by atoms with Crippen LogP contribution in [-0.2, 0) is 6.42 Å². The fourth-order valence-electron chi connectivity index (χ4n) is 4.14. The van der Waals surface area contributed by atoms with Gasteiger partial charge in [0.05, 0.1) is 0 Å². The minimum Gasteiger partial charge on any atom is -0.300 e. The third-order valence-electron chi connectivity index (χ3n) is 5.35. The molecule has 0 spiro atoms. The molecule has 2 nitrogen and oxygen atoms in total. The van der Waals surface area contributed by atoms with E-state index >= 15 is 0 Å². The van der Waals surface area contributed by atoms with Crippen LogP contribution in [0, 0.1) is 0 Å². The Balaban J connectivity index is 1.67. The summed E-state index contributed by atoms with van der Waals surface area (Å²) in [5.41, 5.74) is 9.38. The normalized spacial score (nSPS) is 15.4. The molecule has 0 N–H and O–H groups in total. The van der Waals surface area contributed by atoms with E-state index in [0.29, 0.717) is 0 Å². The molecule has 0 radical (unpaired) electrons. The van der Waals surface area contributed by atoms with Crippen LogP contribution in [0.4, 0.5) is 0 Å². The first-order valence-corrected chi connectivity index (χ1v) is 8.94. The Morgan fingerprint density at radius 1 is 0.880 bits per heavy atom. The first-order chi connectivity index (χ1) is 12.3. The van der Waals surface area contributed by atoms with E-state index in [1.807, 2.05) is 6.20 Å². The van der Waals surface area contributed by atoms with Crippen LogP contribution in [0.1, 0.15) is 30.9 Å². The first-order valence-electron chi connectivity index (χ1n) is 8.94. The first kappa shape index (κ1) is 14.5. The number of rotatable bonds is 2. The Morgan fingerprint density at radius 3 is 2.60 bits per heavy atom. The lowest BCUT2D eigenvalue weighted by atomic mass is 10.00. The number of benzene rings is 2. The molecule has 0 unspecified atom stereocenters. The average Bonchev–Trinajstić information content (AvgIpc) is 3.26. The second kappa shape index (κ2) is 5.59. The molecule has 0 bridgehead atoms. The lowest BCUT2D eigenvalue weighted by Crippen LogP contribution is -2.04. The highest BCUT2D eigenvalue weighted by atomic mass is 15.1. The van der Waals surface area contributed by atoms with Gasteiger partial charge in [-0.3, -0.25) is 4.57 Å². The van der Waals surface area contributed by atoms with Crippen molar-refractivity contribution in [3.63, 3.8) is 0 Å². The van der Waals surface area contributed by atoms with Crippen molar-refractivity contribution in [3.05, 3.63) is 83.7 Å².